The molecule has 3 rings (SSSR count). The summed E-state index contributed by atoms with van der Waals surface area (Å²) in [7, 11) is 2.23. The number of likely N-dealkylation sites (tertiary alicyclic amines) is 1. The van der Waals surface area contributed by atoms with Crippen LogP contribution in [-0.2, 0) is 12.0 Å². The number of thiophene rings is 1. The second-order valence-electron chi connectivity index (χ2n) is 4.84. The van der Waals surface area contributed by atoms with Gasteiger partial charge in [0, 0.05) is 11.4 Å². The maximum atomic E-state index is 3.78. The van der Waals surface area contributed by atoms with E-state index in [2.05, 4.69) is 28.7 Å². The zero-order valence-corrected chi connectivity index (χ0v) is 10.1. The molecule has 1 fully saturated rings. The zero-order chi connectivity index (χ0) is 10.3. The summed E-state index contributed by atoms with van der Waals surface area (Å²) in [6, 6.07) is 2.32. The van der Waals surface area contributed by atoms with Crippen molar-refractivity contribution in [1.29, 1.82) is 0 Å². The number of hydrogen-bond donors (Lipinski definition) is 1. The molecule has 0 amide bonds. The Bertz CT molecular complexity index is 350. The van der Waals surface area contributed by atoms with Gasteiger partial charge in [-0.1, -0.05) is 0 Å². The van der Waals surface area contributed by atoms with Gasteiger partial charge in [-0.3, -0.25) is 0 Å². The summed E-state index contributed by atoms with van der Waals surface area (Å²) in [5.74, 6) is 0. The van der Waals surface area contributed by atoms with Crippen molar-refractivity contribution in [3.05, 3.63) is 21.9 Å². The molecule has 0 saturated carbocycles. The van der Waals surface area contributed by atoms with E-state index in [0.29, 0.717) is 5.54 Å². The number of fused-ring (bicyclic) bond motifs is 2. The molecule has 2 aliphatic rings. The highest BCUT2D eigenvalue weighted by Crippen LogP contribution is 2.40. The minimum Gasteiger partial charge on any atom is -0.306 e. The van der Waals surface area contributed by atoms with Gasteiger partial charge in [-0.2, -0.15) is 0 Å². The van der Waals surface area contributed by atoms with Gasteiger partial charge in [0.2, 0.25) is 0 Å². The van der Waals surface area contributed by atoms with Crippen molar-refractivity contribution < 1.29 is 0 Å². The van der Waals surface area contributed by atoms with E-state index in [4.69, 9.17) is 0 Å². The second-order valence-corrected chi connectivity index (χ2v) is 5.75. The topological polar surface area (TPSA) is 15.3 Å². The third-order valence-corrected chi connectivity index (χ3v) is 5.04. The van der Waals surface area contributed by atoms with Crippen LogP contribution in [0, 0.1) is 0 Å². The Morgan fingerprint density at radius 2 is 2.20 bits per heavy atom. The third kappa shape index (κ3) is 1.53. The van der Waals surface area contributed by atoms with E-state index < -0.39 is 0 Å². The van der Waals surface area contributed by atoms with Gasteiger partial charge in [-0.15, -0.1) is 11.3 Å². The van der Waals surface area contributed by atoms with Gasteiger partial charge in [-0.25, -0.2) is 0 Å². The standard InChI is InChI=1S/C12H18N2S/c1-14-7-4-12(5-8-14)11-10(2-6-13-12)3-9-15-11/h3,9,13H,2,4-8H2,1H3. The van der Waals surface area contributed by atoms with E-state index in [1.54, 1.807) is 10.4 Å². The summed E-state index contributed by atoms with van der Waals surface area (Å²) >= 11 is 1.95. The molecule has 0 unspecified atom stereocenters. The molecular weight excluding hydrogens is 204 g/mol. The SMILES string of the molecule is CN1CCC2(CC1)NCCc1ccsc12. The molecule has 1 saturated heterocycles. The van der Waals surface area contributed by atoms with Gasteiger partial charge in [-0.05, 0) is 56.4 Å². The summed E-state index contributed by atoms with van der Waals surface area (Å²) in [5, 5.41) is 6.04. The molecule has 1 N–H and O–H groups in total. The maximum absolute atomic E-state index is 3.78. The van der Waals surface area contributed by atoms with Crippen LogP contribution in [0.25, 0.3) is 0 Å². The summed E-state index contributed by atoms with van der Waals surface area (Å²) in [6.07, 6.45) is 3.77. The summed E-state index contributed by atoms with van der Waals surface area (Å²) in [6.45, 7) is 3.61. The van der Waals surface area contributed by atoms with Crippen LogP contribution < -0.4 is 5.32 Å². The van der Waals surface area contributed by atoms with Gasteiger partial charge in [0.25, 0.3) is 0 Å². The van der Waals surface area contributed by atoms with Gasteiger partial charge in [0.05, 0.1) is 5.54 Å². The van der Waals surface area contributed by atoms with E-state index in [9.17, 15) is 0 Å². The Hall–Kier alpha value is -0.380. The van der Waals surface area contributed by atoms with Gasteiger partial charge in [0.1, 0.15) is 0 Å². The van der Waals surface area contributed by atoms with Crippen LogP contribution in [0.2, 0.25) is 0 Å². The van der Waals surface area contributed by atoms with Crippen LogP contribution in [0.3, 0.4) is 0 Å². The molecule has 0 bridgehead atoms. The molecule has 1 spiro atoms. The quantitative estimate of drug-likeness (QED) is 0.720. The summed E-state index contributed by atoms with van der Waals surface area (Å²) < 4.78 is 0. The Kier molecular flexibility index (Phi) is 2.34. The average molecular weight is 222 g/mol. The first-order valence-electron chi connectivity index (χ1n) is 5.81. The fourth-order valence-corrected chi connectivity index (χ4v) is 4.07. The van der Waals surface area contributed by atoms with Crippen LogP contribution in [0.1, 0.15) is 23.3 Å². The molecule has 0 aliphatic carbocycles. The van der Waals surface area contributed by atoms with Crippen molar-refractivity contribution in [1.82, 2.24) is 10.2 Å². The molecular formula is C12H18N2S. The Balaban J connectivity index is 1.94. The van der Waals surface area contributed by atoms with Crippen LogP contribution in [0.15, 0.2) is 11.4 Å². The van der Waals surface area contributed by atoms with Crippen molar-refractivity contribution in [3.63, 3.8) is 0 Å². The van der Waals surface area contributed by atoms with Gasteiger partial charge < -0.3 is 10.2 Å². The molecule has 2 nitrogen and oxygen atoms in total. The lowest BCUT2D eigenvalue weighted by Gasteiger charge is -2.43. The lowest BCUT2D eigenvalue weighted by atomic mass is 9.81. The number of rotatable bonds is 0. The van der Waals surface area contributed by atoms with E-state index in [-0.39, 0.29) is 0 Å². The van der Waals surface area contributed by atoms with Crippen LogP contribution in [0.5, 0.6) is 0 Å². The predicted octanol–water partition coefficient (Wildman–Crippen LogP) is 1.81. The van der Waals surface area contributed by atoms with Crippen molar-refractivity contribution in [2.24, 2.45) is 0 Å². The highest BCUT2D eigenvalue weighted by Gasteiger charge is 2.39. The van der Waals surface area contributed by atoms with E-state index in [1.807, 2.05) is 11.3 Å². The van der Waals surface area contributed by atoms with Crippen molar-refractivity contribution in [2.45, 2.75) is 24.8 Å². The van der Waals surface area contributed by atoms with E-state index >= 15 is 0 Å². The number of nitrogens with one attached hydrogen (secondary N) is 1. The second kappa shape index (κ2) is 3.58. The molecule has 0 radical (unpaired) electrons. The first-order chi connectivity index (χ1) is 7.30. The molecule has 3 heteroatoms. The van der Waals surface area contributed by atoms with E-state index in [0.717, 1.165) is 6.54 Å². The fraction of sp³-hybridized carbons (Fsp3) is 0.667. The van der Waals surface area contributed by atoms with Crippen LogP contribution in [-0.4, -0.2) is 31.6 Å². The van der Waals surface area contributed by atoms with Crippen LogP contribution >= 0.6 is 11.3 Å². The molecule has 82 valence electrons. The lowest BCUT2D eigenvalue weighted by molar-refractivity contribution is 0.154. The zero-order valence-electron chi connectivity index (χ0n) is 9.25. The number of piperidine rings is 1. The Morgan fingerprint density at radius 3 is 3.00 bits per heavy atom. The van der Waals surface area contributed by atoms with Crippen molar-refractivity contribution >= 4 is 11.3 Å². The predicted molar refractivity (Wildman–Crippen MR) is 64.4 cm³/mol. The minimum absolute atomic E-state index is 0.328. The van der Waals surface area contributed by atoms with Crippen LogP contribution in [0.4, 0.5) is 0 Å². The molecule has 0 atom stereocenters. The first-order valence-corrected chi connectivity index (χ1v) is 6.69. The normalized spacial score (nSPS) is 25.4. The van der Waals surface area contributed by atoms with Gasteiger partial charge in [0.15, 0.2) is 0 Å². The summed E-state index contributed by atoms with van der Waals surface area (Å²) in [4.78, 5) is 4.07. The van der Waals surface area contributed by atoms with E-state index in [1.165, 1.54) is 32.4 Å². The number of hydrogen-bond acceptors (Lipinski definition) is 3. The fourth-order valence-electron chi connectivity index (χ4n) is 2.87. The largest absolute Gasteiger partial charge is 0.306 e. The molecule has 15 heavy (non-hydrogen) atoms. The first kappa shape index (κ1) is 9.82. The molecule has 1 aromatic rings. The maximum Gasteiger partial charge on any atom is 0.0556 e. The smallest absolute Gasteiger partial charge is 0.0556 e. The highest BCUT2D eigenvalue weighted by atomic mass is 32.1. The average Bonchev–Trinajstić information content (AvgIpc) is 2.72. The summed E-state index contributed by atoms with van der Waals surface area (Å²) in [5.41, 5.74) is 1.93. The monoisotopic (exact) mass is 222 g/mol. The molecule has 0 aromatic carbocycles. The molecule has 3 heterocycles. The molecule has 2 aliphatic heterocycles. The van der Waals surface area contributed by atoms with Crippen molar-refractivity contribution in [3.8, 4) is 0 Å². The van der Waals surface area contributed by atoms with Crippen molar-refractivity contribution in [2.75, 3.05) is 26.7 Å². The Labute approximate surface area is 95.3 Å². The highest BCUT2D eigenvalue weighted by molar-refractivity contribution is 7.10. The lowest BCUT2D eigenvalue weighted by Crippen LogP contribution is -2.52. The minimum atomic E-state index is 0.328. The molecule has 1 aromatic heterocycles. The van der Waals surface area contributed by atoms with Gasteiger partial charge >= 0.3 is 0 Å². The third-order valence-electron chi connectivity index (χ3n) is 3.88. The number of nitrogens with zero attached hydrogens (tertiary/aromatic N) is 1. The Morgan fingerprint density at radius 1 is 1.40 bits per heavy atom.